The van der Waals surface area contributed by atoms with Crippen molar-refractivity contribution in [2.45, 2.75) is 32.4 Å². The van der Waals surface area contributed by atoms with E-state index in [1.54, 1.807) is 0 Å². The van der Waals surface area contributed by atoms with Gasteiger partial charge in [-0.3, -0.25) is 4.79 Å². The summed E-state index contributed by atoms with van der Waals surface area (Å²) in [5.41, 5.74) is 1.48. The molecule has 9 heteroatoms. The van der Waals surface area contributed by atoms with Crippen LogP contribution < -0.4 is 20.3 Å². The van der Waals surface area contributed by atoms with Crippen LogP contribution in [0, 0.1) is 0 Å². The number of nitrogens with zero attached hydrogens (tertiary/aromatic N) is 2. The smallest absolute Gasteiger partial charge is 0.255 e. The van der Waals surface area contributed by atoms with Gasteiger partial charge in [-0.05, 0) is 61.6 Å². The van der Waals surface area contributed by atoms with Crippen molar-refractivity contribution < 1.29 is 13.2 Å². The molecule has 188 valence electrons. The summed E-state index contributed by atoms with van der Waals surface area (Å²) in [6.07, 6.45) is 4.81. The number of piperidine rings is 1. The fourth-order valence-corrected chi connectivity index (χ4v) is 4.89. The number of sulfonamides is 1. The third-order valence-electron chi connectivity index (χ3n) is 6.19. The van der Waals surface area contributed by atoms with E-state index in [1.165, 1.54) is 19.3 Å². The lowest BCUT2D eigenvalue weighted by Crippen LogP contribution is -2.36. The molecule has 8 nitrogen and oxygen atoms in total. The molecule has 2 heterocycles. The highest BCUT2D eigenvalue weighted by Crippen LogP contribution is 2.25. The predicted molar refractivity (Wildman–Crippen MR) is 140 cm³/mol. The summed E-state index contributed by atoms with van der Waals surface area (Å²) >= 11 is 0. The van der Waals surface area contributed by atoms with Crippen molar-refractivity contribution >= 4 is 20.9 Å². The Kier molecular flexibility index (Phi) is 8.56. The number of nitrogens with one attached hydrogen (secondary N) is 2. The van der Waals surface area contributed by atoms with E-state index in [4.69, 9.17) is 4.74 Å². The molecule has 0 unspecified atom stereocenters. The van der Waals surface area contributed by atoms with Crippen LogP contribution >= 0.6 is 0 Å². The van der Waals surface area contributed by atoms with Crippen molar-refractivity contribution in [1.29, 1.82) is 0 Å². The number of likely N-dealkylation sites (tertiary alicyclic amines) is 1. The quantitative estimate of drug-likeness (QED) is 0.395. The lowest BCUT2D eigenvalue weighted by Gasteiger charge is -2.27. The predicted octanol–water partition coefficient (Wildman–Crippen LogP) is 2.92. The second-order valence-corrected chi connectivity index (χ2v) is 10.8. The van der Waals surface area contributed by atoms with Gasteiger partial charge in [0.25, 0.3) is 5.56 Å². The van der Waals surface area contributed by atoms with Crippen molar-refractivity contribution in [2.24, 2.45) is 0 Å². The molecule has 2 N–H and O–H groups in total. The molecular weight excluding hydrogens is 464 g/mol. The van der Waals surface area contributed by atoms with Gasteiger partial charge < -0.3 is 19.5 Å². The first-order valence-electron chi connectivity index (χ1n) is 12.2. The lowest BCUT2D eigenvalue weighted by molar-refractivity contribution is 0.221. The zero-order valence-corrected chi connectivity index (χ0v) is 21.0. The minimum absolute atomic E-state index is 0.0325. The van der Waals surface area contributed by atoms with Crippen LogP contribution in [0.3, 0.4) is 0 Å². The molecule has 4 rings (SSSR count). The average Bonchev–Trinajstić information content (AvgIpc) is 2.84. The fraction of sp³-hybridized carbons (Fsp3) is 0.423. The van der Waals surface area contributed by atoms with E-state index in [-0.39, 0.29) is 12.1 Å². The van der Waals surface area contributed by atoms with Crippen LogP contribution in [0.2, 0.25) is 0 Å². The molecule has 0 atom stereocenters. The molecule has 3 aromatic rings. The van der Waals surface area contributed by atoms with E-state index in [9.17, 15) is 13.2 Å². The summed E-state index contributed by atoms with van der Waals surface area (Å²) in [7, 11) is -3.23. The van der Waals surface area contributed by atoms with Gasteiger partial charge in [0.2, 0.25) is 10.0 Å². The Morgan fingerprint density at radius 3 is 2.43 bits per heavy atom. The van der Waals surface area contributed by atoms with Gasteiger partial charge in [-0.1, -0.05) is 24.6 Å². The lowest BCUT2D eigenvalue weighted by atomic mass is 10.1. The zero-order chi connectivity index (χ0) is 24.7. The van der Waals surface area contributed by atoms with Crippen LogP contribution in [-0.4, -0.2) is 56.9 Å². The van der Waals surface area contributed by atoms with Crippen LogP contribution in [0.4, 0.5) is 0 Å². The number of pyridine rings is 1. The number of ether oxygens (including phenoxy) is 1. The largest absolute Gasteiger partial charge is 0.457 e. The van der Waals surface area contributed by atoms with Gasteiger partial charge in [-0.2, -0.15) is 0 Å². The maximum atomic E-state index is 13.5. The summed E-state index contributed by atoms with van der Waals surface area (Å²) in [4.78, 5) is 15.9. The first-order valence-corrected chi connectivity index (χ1v) is 14.1. The summed E-state index contributed by atoms with van der Waals surface area (Å²) in [5.74, 6) is 1.44. The molecule has 1 aliphatic rings. The molecule has 0 spiro atoms. The Hall–Kier alpha value is -2.72. The van der Waals surface area contributed by atoms with E-state index in [0.29, 0.717) is 30.9 Å². The van der Waals surface area contributed by atoms with Crippen molar-refractivity contribution in [3.8, 4) is 11.5 Å². The molecule has 0 aliphatic carbocycles. The van der Waals surface area contributed by atoms with Crippen molar-refractivity contribution in [3.05, 3.63) is 70.5 Å². The zero-order valence-electron chi connectivity index (χ0n) is 20.2. The Balaban J connectivity index is 1.57. The monoisotopic (exact) mass is 498 g/mol. The van der Waals surface area contributed by atoms with Crippen molar-refractivity contribution in [3.63, 3.8) is 0 Å². The SMILES string of the molecule is CS(=O)(=O)NCCNCc1cc2ccc(Oc3ccccc3)cc2n(CCN2CCCCC2)c1=O. The second-order valence-electron chi connectivity index (χ2n) is 9.01. The van der Waals surface area contributed by atoms with E-state index >= 15 is 0 Å². The van der Waals surface area contributed by atoms with Crippen LogP contribution in [0.15, 0.2) is 59.4 Å². The van der Waals surface area contributed by atoms with Crippen LogP contribution in [0.5, 0.6) is 11.5 Å². The highest BCUT2D eigenvalue weighted by Gasteiger charge is 2.14. The van der Waals surface area contributed by atoms with Crippen LogP contribution in [-0.2, 0) is 23.1 Å². The van der Waals surface area contributed by atoms with Crippen molar-refractivity contribution in [2.75, 3.05) is 39.0 Å². The number of aromatic nitrogens is 1. The molecule has 0 amide bonds. The van der Waals surface area contributed by atoms with Gasteiger partial charge >= 0.3 is 0 Å². The van der Waals surface area contributed by atoms with Gasteiger partial charge in [0.1, 0.15) is 11.5 Å². The van der Waals surface area contributed by atoms with E-state index in [2.05, 4.69) is 14.9 Å². The molecule has 1 fully saturated rings. The highest BCUT2D eigenvalue weighted by molar-refractivity contribution is 7.88. The van der Waals surface area contributed by atoms with Gasteiger partial charge in [0.15, 0.2) is 0 Å². The van der Waals surface area contributed by atoms with E-state index in [1.807, 2.05) is 59.2 Å². The van der Waals surface area contributed by atoms with E-state index < -0.39 is 10.0 Å². The fourth-order valence-electron chi connectivity index (χ4n) is 4.42. The molecule has 1 aromatic heterocycles. The second kappa shape index (κ2) is 11.8. The molecule has 0 saturated carbocycles. The minimum Gasteiger partial charge on any atom is -0.457 e. The molecule has 1 saturated heterocycles. The number of hydrogen-bond donors (Lipinski definition) is 2. The Bertz CT molecular complexity index is 1290. The standard InChI is InChI=1S/C26H34N4O4S/c1-35(32,33)28-13-12-27-20-22-18-21-10-11-24(34-23-8-4-2-5-9-23)19-25(21)30(26(22)31)17-16-29-14-6-3-7-15-29/h2,4-5,8-11,18-19,27-28H,3,6-7,12-17,20H2,1H3. The Labute approximate surface area is 207 Å². The average molecular weight is 499 g/mol. The van der Waals surface area contributed by atoms with Gasteiger partial charge in [-0.25, -0.2) is 13.1 Å². The third-order valence-corrected chi connectivity index (χ3v) is 6.92. The van der Waals surface area contributed by atoms with Gasteiger partial charge in [-0.15, -0.1) is 0 Å². The molecule has 1 aliphatic heterocycles. The molecule has 2 aromatic carbocycles. The molecule has 0 bridgehead atoms. The normalized spacial score (nSPS) is 14.9. The third kappa shape index (κ3) is 7.38. The number of fused-ring (bicyclic) bond motifs is 1. The van der Waals surface area contributed by atoms with Crippen molar-refractivity contribution in [1.82, 2.24) is 19.5 Å². The first kappa shape index (κ1) is 25.4. The first-order chi connectivity index (χ1) is 16.9. The van der Waals surface area contributed by atoms with Gasteiger partial charge in [0.05, 0.1) is 11.8 Å². The van der Waals surface area contributed by atoms with Crippen LogP contribution in [0.25, 0.3) is 10.9 Å². The number of benzene rings is 2. The van der Waals surface area contributed by atoms with Crippen LogP contribution in [0.1, 0.15) is 24.8 Å². The highest BCUT2D eigenvalue weighted by atomic mass is 32.2. The minimum atomic E-state index is -3.23. The number of rotatable bonds is 11. The molecule has 35 heavy (non-hydrogen) atoms. The molecule has 0 radical (unpaired) electrons. The van der Waals surface area contributed by atoms with Gasteiger partial charge in [0, 0.05) is 44.4 Å². The Morgan fingerprint density at radius 1 is 0.914 bits per heavy atom. The van der Waals surface area contributed by atoms with E-state index in [0.717, 1.165) is 42.5 Å². The maximum Gasteiger partial charge on any atom is 0.255 e. The summed E-state index contributed by atoms with van der Waals surface area (Å²) in [6.45, 7) is 4.65. The summed E-state index contributed by atoms with van der Waals surface area (Å²) in [6, 6.07) is 17.4. The Morgan fingerprint density at radius 2 is 1.69 bits per heavy atom. The summed E-state index contributed by atoms with van der Waals surface area (Å²) < 4.78 is 32.8. The maximum absolute atomic E-state index is 13.5. The number of hydrogen-bond acceptors (Lipinski definition) is 6. The number of para-hydroxylation sites is 1. The molecular formula is C26H34N4O4S. The summed E-state index contributed by atoms with van der Waals surface area (Å²) in [5, 5.41) is 4.15. The topological polar surface area (TPSA) is 92.7 Å².